The van der Waals surface area contributed by atoms with E-state index in [9.17, 15) is 9.59 Å². The number of anilines is 1. The molecule has 2 amide bonds. The fourth-order valence-corrected chi connectivity index (χ4v) is 3.57. The summed E-state index contributed by atoms with van der Waals surface area (Å²) in [5.74, 6) is 0.264. The standard InChI is InChI=1S/C23H23N3O3/c27-22(24-20-10-8-19(9-11-20)18-5-2-1-3-6-18)17-25-12-14-26(15-13-25)23(28)21-7-4-16-29-21/h1-11,16H,12-15,17H2,(H,24,27)/p+1. The fourth-order valence-electron chi connectivity index (χ4n) is 3.57. The summed E-state index contributed by atoms with van der Waals surface area (Å²) in [7, 11) is 0. The number of hydrogen-bond acceptors (Lipinski definition) is 3. The Balaban J connectivity index is 1.26. The molecule has 0 unspecified atom stereocenters. The number of nitrogens with one attached hydrogen (secondary N) is 2. The van der Waals surface area contributed by atoms with E-state index >= 15 is 0 Å². The average molecular weight is 390 g/mol. The molecule has 6 heteroatoms. The molecule has 0 atom stereocenters. The van der Waals surface area contributed by atoms with E-state index in [1.807, 2.05) is 42.5 Å². The molecular weight excluding hydrogens is 366 g/mol. The van der Waals surface area contributed by atoms with Crippen molar-refractivity contribution in [2.75, 3.05) is 38.0 Å². The first-order valence-electron chi connectivity index (χ1n) is 9.81. The maximum absolute atomic E-state index is 12.4. The van der Waals surface area contributed by atoms with Crippen molar-refractivity contribution in [2.45, 2.75) is 0 Å². The average Bonchev–Trinajstić information content (AvgIpc) is 3.30. The molecule has 0 radical (unpaired) electrons. The van der Waals surface area contributed by atoms with Crippen LogP contribution in [0.15, 0.2) is 77.4 Å². The quantitative estimate of drug-likeness (QED) is 0.700. The predicted octanol–water partition coefficient (Wildman–Crippen LogP) is 1.93. The van der Waals surface area contributed by atoms with Gasteiger partial charge in [0.2, 0.25) is 0 Å². The van der Waals surface area contributed by atoms with E-state index in [0.717, 1.165) is 29.9 Å². The van der Waals surface area contributed by atoms with Gasteiger partial charge in [0, 0.05) is 5.69 Å². The first kappa shape index (κ1) is 19.0. The number of carbonyl (C=O) groups is 2. The molecule has 1 aromatic heterocycles. The van der Waals surface area contributed by atoms with Crippen molar-refractivity contribution in [1.82, 2.24) is 4.90 Å². The summed E-state index contributed by atoms with van der Waals surface area (Å²) in [6.07, 6.45) is 1.51. The van der Waals surface area contributed by atoms with E-state index in [2.05, 4.69) is 17.4 Å². The maximum atomic E-state index is 12.4. The van der Waals surface area contributed by atoms with Gasteiger partial charge in [0.1, 0.15) is 0 Å². The number of furan rings is 1. The lowest BCUT2D eigenvalue weighted by molar-refractivity contribution is -0.895. The summed E-state index contributed by atoms with van der Waals surface area (Å²) >= 11 is 0. The summed E-state index contributed by atoms with van der Waals surface area (Å²) in [6, 6.07) is 21.4. The zero-order valence-corrected chi connectivity index (χ0v) is 16.1. The van der Waals surface area contributed by atoms with Crippen LogP contribution in [0.25, 0.3) is 11.1 Å². The Bertz CT molecular complexity index is 945. The molecule has 1 aliphatic heterocycles. The molecule has 0 saturated carbocycles. The third-order valence-corrected chi connectivity index (χ3v) is 5.18. The Hall–Kier alpha value is -3.38. The number of nitrogens with zero attached hydrogens (tertiary/aromatic N) is 1. The fraction of sp³-hybridized carbons (Fsp3) is 0.217. The van der Waals surface area contributed by atoms with Crippen molar-refractivity contribution in [3.8, 4) is 11.1 Å². The Kier molecular flexibility index (Phi) is 5.72. The van der Waals surface area contributed by atoms with Crippen molar-refractivity contribution < 1.29 is 18.9 Å². The van der Waals surface area contributed by atoms with Crippen LogP contribution in [0.4, 0.5) is 5.69 Å². The van der Waals surface area contributed by atoms with Crippen LogP contribution in [-0.2, 0) is 4.79 Å². The van der Waals surface area contributed by atoms with Gasteiger partial charge in [-0.05, 0) is 35.4 Å². The highest BCUT2D eigenvalue weighted by Gasteiger charge is 2.27. The molecule has 6 nitrogen and oxygen atoms in total. The number of rotatable bonds is 5. The highest BCUT2D eigenvalue weighted by Crippen LogP contribution is 2.20. The minimum Gasteiger partial charge on any atom is -0.459 e. The Morgan fingerprint density at radius 1 is 0.897 bits per heavy atom. The molecule has 1 fully saturated rings. The summed E-state index contributed by atoms with van der Waals surface area (Å²) in [6.45, 7) is 3.12. The van der Waals surface area contributed by atoms with E-state index in [1.165, 1.54) is 11.2 Å². The van der Waals surface area contributed by atoms with Crippen LogP contribution < -0.4 is 10.2 Å². The van der Waals surface area contributed by atoms with Gasteiger partial charge in [0.15, 0.2) is 12.3 Å². The van der Waals surface area contributed by atoms with E-state index in [4.69, 9.17) is 4.42 Å². The van der Waals surface area contributed by atoms with Crippen molar-refractivity contribution >= 4 is 17.5 Å². The zero-order valence-electron chi connectivity index (χ0n) is 16.1. The van der Waals surface area contributed by atoms with Gasteiger partial charge >= 0.3 is 0 Å². The van der Waals surface area contributed by atoms with E-state index in [-0.39, 0.29) is 11.8 Å². The number of benzene rings is 2. The van der Waals surface area contributed by atoms with Crippen molar-refractivity contribution in [1.29, 1.82) is 0 Å². The second-order valence-electron chi connectivity index (χ2n) is 7.19. The van der Waals surface area contributed by atoms with Crippen LogP contribution in [0.3, 0.4) is 0 Å². The van der Waals surface area contributed by atoms with Crippen molar-refractivity contribution in [3.05, 3.63) is 78.8 Å². The summed E-state index contributed by atoms with van der Waals surface area (Å²) in [5, 5.41) is 2.97. The lowest BCUT2D eigenvalue weighted by Crippen LogP contribution is -3.15. The largest absolute Gasteiger partial charge is 0.459 e. The van der Waals surface area contributed by atoms with Gasteiger partial charge in [-0.15, -0.1) is 0 Å². The summed E-state index contributed by atoms with van der Waals surface area (Å²) in [5.41, 5.74) is 3.06. The molecule has 0 spiro atoms. The molecule has 2 heterocycles. The molecule has 29 heavy (non-hydrogen) atoms. The molecule has 0 bridgehead atoms. The Morgan fingerprint density at radius 2 is 1.59 bits per heavy atom. The van der Waals surface area contributed by atoms with Crippen LogP contribution >= 0.6 is 0 Å². The lowest BCUT2D eigenvalue weighted by Gasteiger charge is -2.31. The molecule has 2 aromatic carbocycles. The second-order valence-corrected chi connectivity index (χ2v) is 7.19. The van der Waals surface area contributed by atoms with Crippen LogP contribution in [0.2, 0.25) is 0 Å². The number of amides is 2. The number of carbonyl (C=O) groups excluding carboxylic acids is 2. The molecule has 0 aliphatic carbocycles. The van der Waals surface area contributed by atoms with Gasteiger partial charge in [-0.2, -0.15) is 0 Å². The van der Waals surface area contributed by atoms with Gasteiger partial charge in [0.05, 0.1) is 32.4 Å². The molecule has 2 N–H and O–H groups in total. The van der Waals surface area contributed by atoms with E-state index in [0.29, 0.717) is 25.4 Å². The van der Waals surface area contributed by atoms with Gasteiger partial charge in [-0.1, -0.05) is 42.5 Å². The van der Waals surface area contributed by atoms with E-state index in [1.54, 1.807) is 17.0 Å². The molecule has 148 valence electrons. The van der Waals surface area contributed by atoms with Gasteiger partial charge in [0.25, 0.3) is 11.8 Å². The third kappa shape index (κ3) is 4.73. The number of quaternary nitrogens is 1. The molecule has 1 saturated heterocycles. The SMILES string of the molecule is O=C(C[NH+]1CCN(C(=O)c2ccco2)CC1)Nc1ccc(-c2ccccc2)cc1. The van der Waals surface area contributed by atoms with Gasteiger partial charge in [-0.25, -0.2) is 0 Å². The first-order valence-corrected chi connectivity index (χ1v) is 9.81. The smallest absolute Gasteiger partial charge is 0.289 e. The predicted molar refractivity (Wildman–Crippen MR) is 111 cm³/mol. The minimum absolute atomic E-state index is 0.0155. The normalized spacial score (nSPS) is 14.6. The van der Waals surface area contributed by atoms with Crippen molar-refractivity contribution in [3.63, 3.8) is 0 Å². The van der Waals surface area contributed by atoms with Crippen molar-refractivity contribution in [2.24, 2.45) is 0 Å². The number of hydrogen-bond donors (Lipinski definition) is 2. The van der Waals surface area contributed by atoms with Gasteiger partial charge in [-0.3, -0.25) is 9.59 Å². The van der Waals surface area contributed by atoms with Crippen LogP contribution in [-0.4, -0.2) is 49.4 Å². The summed E-state index contributed by atoms with van der Waals surface area (Å²) in [4.78, 5) is 27.7. The highest BCUT2D eigenvalue weighted by atomic mass is 16.3. The molecule has 1 aliphatic rings. The van der Waals surface area contributed by atoms with Crippen LogP contribution in [0.5, 0.6) is 0 Å². The molecular formula is C23H24N3O3+. The molecule has 4 rings (SSSR count). The minimum atomic E-state index is -0.0861. The Morgan fingerprint density at radius 3 is 2.24 bits per heavy atom. The number of piperazine rings is 1. The van der Waals surface area contributed by atoms with Gasteiger partial charge < -0.3 is 19.5 Å². The zero-order chi connectivity index (χ0) is 20.1. The maximum Gasteiger partial charge on any atom is 0.289 e. The highest BCUT2D eigenvalue weighted by molar-refractivity contribution is 5.92. The van der Waals surface area contributed by atoms with E-state index < -0.39 is 0 Å². The molecule has 3 aromatic rings. The lowest BCUT2D eigenvalue weighted by atomic mass is 10.1. The van der Waals surface area contributed by atoms with Crippen LogP contribution in [0, 0.1) is 0 Å². The monoisotopic (exact) mass is 390 g/mol. The topological polar surface area (TPSA) is 67.0 Å². The first-order chi connectivity index (χ1) is 14.2. The summed E-state index contributed by atoms with van der Waals surface area (Å²) < 4.78 is 5.18. The Labute approximate surface area is 169 Å². The third-order valence-electron chi connectivity index (χ3n) is 5.18. The second kappa shape index (κ2) is 8.75. The van der Waals surface area contributed by atoms with Crippen LogP contribution in [0.1, 0.15) is 10.6 Å².